The molecule has 0 bridgehead atoms. The number of nitrogen functional groups attached to an aromatic ring is 1. The molecule has 0 saturated carbocycles. The number of aryl methyl sites for hydroxylation is 2. The fourth-order valence-corrected chi connectivity index (χ4v) is 2.12. The van der Waals surface area contributed by atoms with Gasteiger partial charge in [-0.05, 0) is 26.0 Å². The van der Waals surface area contributed by atoms with E-state index in [2.05, 4.69) is 4.98 Å². The maximum Gasteiger partial charge on any atom is 0.279 e. The molecule has 2 rings (SSSR count). The molecular weight excluding hydrogens is 236 g/mol. The summed E-state index contributed by atoms with van der Waals surface area (Å²) in [4.78, 5) is 5.45. The molecule has 1 aromatic heterocycles. The molecule has 17 heavy (non-hydrogen) atoms. The van der Waals surface area contributed by atoms with Gasteiger partial charge in [0.2, 0.25) is 0 Å². The summed E-state index contributed by atoms with van der Waals surface area (Å²) in [6.45, 7) is 3.96. The number of methoxy groups -OCH3 is 1. The fraction of sp³-hybridized carbons (Fsp3) is 0.250. The van der Waals surface area contributed by atoms with Gasteiger partial charge in [-0.25, -0.2) is 4.98 Å². The Balaban J connectivity index is 2.31. The van der Waals surface area contributed by atoms with Gasteiger partial charge in [0, 0.05) is 16.6 Å². The van der Waals surface area contributed by atoms with Crippen molar-refractivity contribution >= 4 is 17.0 Å². The van der Waals surface area contributed by atoms with E-state index in [0.717, 1.165) is 10.6 Å². The first kappa shape index (κ1) is 11.7. The van der Waals surface area contributed by atoms with E-state index in [9.17, 15) is 0 Å². The second-order valence-electron chi connectivity index (χ2n) is 3.63. The Morgan fingerprint density at radius 2 is 2.00 bits per heavy atom. The molecule has 0 aliphatic carbocycles. The van der Waals surface area contributed by atoms with E-state index >= 15 is 0 Å². The van der Waals surface area contributed by atoms with Crippen molar-refractivity contribution in [3.05, 3.63) is 28.8 Å². The Morgan fingerprint density at radius 1 is 1.24 bits per heavy atom. The Kier molecular flexibility index (Phi) is 3.19. The van der Waals surface area contributed by atoms with Gasteiger partial charge in [-0.15, -0.1) is 0 Å². The van der Waals surface area contributed by atoms with Crippen molar-refractivity contribution in [1.82, 2.24) is 4.98 Å². The first-order valence-electron chi connectivity index (χ1n) is 5.15. The first-order valence-corrected chi connectivity index (χ1v) is 5.97. The lowest BCUT2D eigenvalue weighted by molar-refractivity contribution is 0.378. The van der Waals surface area contributed by atoms with Crippen LogP contribution in [0.2, 0.25) is 0 Å². The molecule has 0 saturated heterocycles. The zero-order chi connectivity index (χ0) is 12.4. The van der Waals surface area contributed by atoms with Gasteiger partial charge in [0.05, 0.1) is 12.8 Å². The molecule has 0 radical (unpaired) electrons. The minimum atomic E-state index is 0.584. The molecule has 2 aromatic rings. The smallest absolute Gasteiger partial charge is 0.279 e. The van der Waals surface area contributed by atoms with E-state index in [4.69, 9.17) is 15.2 Å². The Hall–Kier alpha value is -1.75. The lowest BCUT2D eigenvalue weighted by Gasteiger charge is -2.08. The highest BCUT2D eigenvalue weighted by Gasteiger charge is 2.10. The van der Waals surface area contributed by atoms with Gasteiger partial charge in [-0.2, -0.15) is 0 Å². The first-order chi connectivity index (χ1) is 8.10. The molecule has 0 spiro atoms. The maximum atomic E-state index is 5.72. The predicted octanol–water partition coefficient (Wildman–Crippen LogP) is 3.14. The van der Waals surface area contributed by atoms with Crippen molar-refractivity contribution in [3.8, 4) is 16.7 Å². The number of hydrogen-bond acceptors (Lipinski definition) is 5. The van der Waals surface area contributed by atoms with Crippen LogP contribution in [-0.2, 0) is 0 Å². The SMILES string of the molecule is COc1ccc(N)cc1Oc1nc(C)c(C)s1. The molecular formula is C12H14N2O2S. The molecule has 0 aliphatic rings. The topological polar surface area (TPSA) is 57.4 Å². The number of nitrogens with two attached hydrogens (primary N) is 1. The van der Waals surface area contributed by atoms with E-state index in [1.807, 2.05) is 13.8 Å². The van der Waals surface area contributed by atoms with Gasteiger partial charge in [-0.1, -0.05) is 11.3 Å². The van der Waals surface area contributed by atoms with Crippen LogP contribution < -0.4 is 15.2 Å². The molecule has 1 aromatic carbocycles. The molecule has 0 aliphatic heterocycles. The van der Waals surface area contributed by atoms with Gasteiger partial charge < -0.3 is 15.2 Å². The number of nitrogens with zero attached hydrogens (tertiary/aromatic N) is 1. The third-order valence-electron chi connectivity index (χ3n) is 2.39. The second kappa shape index (κ2) is 4.63. The number of hydrogen-bond donors (Lipinski definition) is 1. The quantitative estimate of drug-likeness (QED) is 0.850. The van der Waals surface area contributed by atoms with Crippen LogP contribution in [0.3, 0.4) is 0 Å². The van der Waals surface area contributed by atoms with Crippen molar-refractivity contribution in [2.75, 3.05) is 12.8 Å². The highest BCUT2D eigenvalue weighted by Crippen LogP contribution is 2.35. The van der Waals surface area contributed by atoms with Crippen LogP contribution in [-0.4, -0.2) is 12.1 Å². The molecule has 4 nitrogen and oxygen atoms in total. The van der Waals surface area contributed by atoms with Crippen molar-refractivity contribution in [3.63, 3.8) is 0 Å². The molecule has 0 atom stereocenters. The van der Waals surface area contributed by atoms with Crippen molar-refractivity contribution in [1.29, 1.82) is 0 Å². The highest BCUT2D eigenvalue weighted by molar-refractivity contribution is 7.13. The molecule has 0 unspecified atom stereocenters. The van der Waals surface area contributed by atoms with Crippen LogP contribution in [0.25, 0.3) is 0 Å². The number of ether oxygens (including phenoxy) is 2. The average Bonchev–Trinajstić information content (AvgIpc) is 2.58. The number of anilines is 1. The van der Waals surface area contributed by atoms with Crippen molar-refractivity contribution in [2.24, 2.45) is 0 Å². The number of thiazole rings is 1. The molecule has 2 N–H and O–H groups in total. The van der Waals surface area contributed by atoms with Gasteiger partial charge >= 0.3 is 0 Å². The summed E-state index contributed by atoms with van der Waals surface area (Å²) in [5.74, 6) is 1.23. The van der Waals surface area contributed by atoms with E-state index in [1.54, 1.807) is 25.3 Å². The fourth-order valence-electron chi connectivity index (χ4n) is 1.35. The Labute approximate surface area is 104 Å². The van der Waals surface area contributed by atoms with Crippen molar-refractivity contribution < 1.29 is 9.47 Å². The summed E-state index contributed by atoms with van der Waals surface area (Å²) in [5.41, 5.74) is 7.33. The van der Waals surface area contributed by atoms with Crippen LogP contribution in [0.4, 0.5) is 5.69 Å². The normalized spacial score (nSPS) is 10.3. The molecule has 0 amide bonds. The Morgan fingerprint density at radius 3 is 2.59 bits per heavy atom. The van der Waals surface area contributed by atoms with E-state index in [-0.39, 0.29) is 0 Å². The van der Waals surface area contributed by atoms with Crippen LogP contribution in [0.1, 0.15) is 10.6 Å². The zero-order valence-electron chi connectivity index (χ0n) is 9.98. The molecule has 5 heteroatoms. The maximum absolute atomic E-state index is 5.72. The molecule has 90 valence electrons. The summed E-state index contributed by atoms with van der Waals surface area (Å²) < 4.78 is 10.9. The van der Waals surface area contributed by atoms with E-state index < -0.39 is 0 Å². The lowest BCUT2D eigenvalue weighted by Crippen LogP contribution is -1.92. The zero-order valence-corrected chi connectivity index (χ0v) is 10.8. The number of benzene rings is 1. The third-order valence-corrected chi connectivity index (χ3v) is 3.34. The number of rotatable bonds is 3. The molecule has 0 fully saturated rings. The minimum Gasteiger partial charge on any atom is -0.493 e. The van der Waals surface area contributed by atoms with Gasteiger partial charge in [0.25, 0.3) is 5.19 Å². The van der Waals surface area contributed by atoms with Gasteiger partial charge in [-0.3, -0.25) is 0 Å². The Bertz CT molecular complexity index is 518. The van der Waals surface area contributed by atoms with E-state index in [0.29, 0.717) is 22.4 Å². The summed E-state index contributed by atoms with van der Waals surface area (Å²) in [7, 11) is 1.59. The van der Waals surface area contributed by atoms with Gasteiger partial charge in [0.1, 0.15) is 0 Å². The number of aromatic nitrogens is 1. The van der Waals surface area contributed by atoms with Gasteiger partial charge in [0.15, 0.2) is 11.5 Å². The summed E-state index contributed by atoms with van der Waals surface area (Å²) in [5, 5.41) is 0.601. The summed E-state index contributed by atoms with van der Waals surface area (Å²) in [6, 6.07) is 5.27. The third kappa shape index (κ3) is 2.50. The van der Waals surface area contributed by atoms with E-state index in [1.165, 1.54) is 11.3 Å². The van der Waals surface area contributed by atoms with Crippen LogP contribution in [0.5, 0.6) is 16.7 Å². The predicted molar refractivity (Wildman–Crippen MR) is 69.1 cm³/mol. The standard InChI is InChI=1S/C12H14N2O2S/c1-7-8(2)17-12(14-7)16-11-6-9(13)4-5-10(11)15-3/h4-6H,13H2,1-3H3. The largest absolute Gasteiger partial charge is 0.493 e. The second-order valence-corrected chi connectivity index (χ2v) is 4.80. The summed E-state index contributed by atoms with van der Waals surface area (Å²) >= 11 is 1.50. The van der Waals surface area contributed by atoms with Crippen LogP contribution in [0, 0.1) is 13.8 Å². The minimum absolute atomic E-state index is 0.584. The molecule has 1 heterocycles. The van der Waals surface area contributed by atoms with Crippen LogP contribution >= 0.6 is 11.3 Å². The monoisotopic (exact) mass is 250 g/mol. The van der Waals surface area contributed by atoms with Crippen LogP contribution in [0.15, 0.2) is 18.2 Å². The average molecular weight is 250 g/mol. The summed E-state index contributed by atoms with van der Waals surface area (Å²) in [6.07, 6.45) is 0. The van der Waals surface area contributed by atoms with Crippen molar-refractivity contribution in [2.45, 2.75) is 13.8 Å². The lowest BCUT2D eigenvalue weighted by atomic mass is 10.3. The highest BCUT2D eigenvalue weighted by atomic mass is 32.1.